The highest BCUT2D eigenvalue weighted by Gasteiger charge is 2.23. The van der Waals surface area contributed by atoms with Gasteiger partial charge in [0.05, 0.1) is 18.8 Å². The van der Waals surface area contributed by atoms with Gasteiger partial charge in [-0.05, 0) is 41.9 Å². The lowest BCUT2D eigenvalue weighted by Crippen LogP contribution is -2.52. The topological polar surface area (TPSA) is 41.6 Å². The minimum atomic E-state index is -0.0370. The molecule has 1 aromatic carbocycles. The summed E-state index contributed by atoms with van der Waals surface area (Å²) in [5.74, 6) is -0.0370. The maximum Gasteiger partial charge on any atom is 0.252 e. The summed E-state index contributed by atoms with van der Waals surface area (Å²) in [6.45, 7) is 7.60. The van der Waals surface area contributed by atoms with Crippen LogP contribution in [-0.4, -0.2) is 49.2 Å². The molecule has 0 radical (unpaired) electrons. The van der Waals surface area contributed by atoms with E-state index in [1.54, 1.807) is 0 Å². The van der Waals surface area contributed by atoms with E-state index in [0.717, 1.165) is 30.8 Å². The second-order valence-corrected chi connectivity index (χ2v) is 5.99. The molecule has 1 saturated heterocycles. The van der Waals surface area contributed by atoms with Gasteiger partial charge in [-0.15, -0.1) is 0 Å². The van der Waals surface area contributed by atoms with Gasteiger partial charge in [0, 0.05) is 29.6 Å². The fraction of sp³-hybridized carbons (Fsp3) is 0.533. The zero-order valence-electron chi connectivity index (χ0n) is 11.9. The molecule has 1 aliphatic rings. The number of benzene rings is 1. The van der Waals surface area contributed by atoms with Gasteiger partial charge in [0.2, 0.25) is 0 Å². The summed E-state index contributed by atoms with van der Waals surface area (Å²) in [5, 5.41) is 3.08. The molecule has 20 heavy (non-hydrogen) atoms. The van der Waals surface area contributed by atoms with Crippen molar-refractivity contribution in [3.63, 3.8) is 0 Å². The van der Waals surface area contributed by atoms with Gasteiger partial charge in [-0.1, -0.05) is 12.1 Å². The predicted octanol–water partition coefficient (Wildman–Crippen LogP) is 2.29. The summed E-state index contributed by atoms with van der Waals surface area (Å²) < 4.78 is 6.18. The molecule has 1 aliphatic heterocycles. The third-order valence-corrected chi connectivity index (χ3v) is 4.51. The molecule has 0 saturated carbocycles. The number of nitrogens with one attached hydrogen (secondary N) is 1. The Balaban J connectivity index is 1.95. The van der Waals surface area contributed by atoms with Crippen LogP contribution >= 0.6 is 15.9 Å². The number of hydrogen-bond acceptors (Lipinski definition) is 3. The average Bonchev–Trinajstić information content (AvgIpc) is 2.47. The standard InChI is InChI=1S/C15H21BrN2O2/c1-11(12(2)18-7-9-20-10-8-18)17-15(19)13-5-3-4-6-14(13)16/h3-6,11-12H,7-10H2,1-2H3,(H,17,19)/t11-,12-/m1/s1. The van der Waals surface area contributed by atoms with Crippen LogP contribution in [0, 0.1) is 0 Å². The Kier molecular flexibility index (Phi) is 5.57. The number of halogens is 1. The van der Waals surface area contributed by atoms with Crippen molar-refractivity contribution in [2.75, 3.05) is 26.3 Å². The zero-order valence-corrected chi connectivity index (χ0v) is 13.5. The van der Waals surface area contributed by atoms with Crippen molar-refractivity contribution < 1.29 is 9.53 Å². The Morgan fingerprint density at radius 1 is 1.30 bits per heavy atom. The molecule has 1 amide bonds. The monoisotopic (exact) mass is 340 g/mol. The zero-order chi connectivity index (χ0) is 14.5. The molecule has 0 aromatic heterocycles. The largest absolute Gasteiger partial charge is 0.379 e. The van der Waals surface area contributed by atoms with Crippen LogP contribution in [0.15, 0.2) is 28.7 Å². The van der Waals surface area contributed by atoms with Crippen molar-refractivity contribution in [3.05, 3.63) is 34.3 Å². The second kappa shape index (κ2) is 7.20. The predicted molar refractivity (Wildman–Crippen MR) is 82.9 cm³/mol. The number of nitrogens with zero attached hydrogens (tertiary/aromatic N) is 1. The van der Waals surface area contributed by atoms with E-state index in [-0.39, 0.29) is 11.9 Å². The summed E-state index contributed by atoms with van der Waals surface area (Å²) in [7, 11) is 0. The van der Waals surface area contributed by atoms with Crippen LogP contribution in [0.2, 0.25) is 0 Å². The van der Waals surface area contributed by atoms with E-state index in [0.29, 0.717) is 11.6 Å². The highest BCUT2D eigenvalue weighted by Crippen LogP contribution is 2.16. The van der Waals surface area contributed by atoms with Crippen LogP contribution in [0.5, 0.6) is 0 Å². The Morgan fingerprint density at radius 2 is 1.95 bits per heavy atom. The van der Waals surface area contributed by atoms with Crippen LogP contribution in [-0.2, 0) is 4.74 Å². The Morgan fingerprint density at radius 3 is 2.60 bits per heavy atom. The molecule has 0 bridgehead atoms. The van der Waals surface area contributed by atoms with Crippen molar-refractivity contribution in [2.24, 2.45) is 0 Å². The van der Waals surface area contributed by atoms with Gasteiger partial charge in [0.25, 0.3) is 5.91 Å². The van der Waals surface area contributed by atoms with E-state index in [9.17, 15) is 4.79 Å². The first kappa shape index (κ1) is 15.5. The lowest BCUT2D eigenvalue weighted by atomic mass is 10.1. The highest BCUT2D eigenvalue weighted by molar-refractivity contribution is 9.10. The lowest BCUT2D eigenvalue weighted by Gasteiger charge is -2.35. The summed E-state index contributed by atoms with van der Waals surface area (Å²) >= 11 is 3.41. The Bertz CT molecular complexity index is 461. The molecule has 1 aromatic rings. The molecule has 0 aliphatic carbocycles. The SMILES string of the molecule is C[C@H]([C@@H](C)NC(=O)c1ccccc1Br)N1CCOCC1. The van der Waals surface area contributed by atoms with E-state index in [1.165, 1.54) is 0 Å². The molecule has 4 nitrogen and oxygen atoms in total. The molecule has 2 atom stereocenters. The summed E-state index contributed by atoms with van der Waals surface area (Å²) in [6, 6.07) is 7.87. The van der Waals surface area contributed by atoms with Gasteiger partial charge in [-0.2, -0.15) is 0 Å². The van der Waals surface area contributed by atoms with E-state index in [4.69, 9.17) is 4.74 Å². The summed E-state index contributed by atoms with van der Waals surface area (Å²) in [6.07, 6.45) is 0. The van der Waals surface area contributed by atoms with Crippen LogP contribution in [0.1, 0.15) is 24.2 Å². The molecule has 110 valence electrons. The smallest absolute Gasteiger partial charge is 0.252 e. The first-order valence-corrected chi connectivity index (χ1v) is 7.76. The minimum Gasteiger partial charge on any atom is -0.379 e. The molecular formula is C15H21BrN2O2. The first-order valence-electron chi connectivity index (χ1n) is 6.97. The minimum absolute atomic E-state index is 0.0370. The average molecular weight is 341 g/mol. The number of carbonyl (C=O) groups excluding carboxylic acids is 1. The molecule has 1 N–H and O–H groups in total. The summed E-state index contributed by atoms with van der Waals surface area (Å²) in [5.41, 5.74) is 0.675. The number of ether oxygens (including phenoxy) is 1. The van der Waals surface area contributed by atoms with Crippen LogP contribution in [0.4, 0.5) is 0 Å². The molecule has 1 fully saturated rings. The number of amides is 1. The van der Waals surface area contributed by atoms with Crippen LogP contribution in [0.3, 0.4) is 0 Å². The third-order valence-electron chi connectivity index (χ3n) is 3.82. The summed E-state index contributed by atoms with van der Waals surface area (Å²) in [4.78, 5) is 14.6. The van der Waals surface area contributed by atoms with Crippen molar-refractivity contribution in [1.29, 1.82) is 0 Å². The van der Waals surface area contributed by atoms with Crippen LogP contribution < -0.4 is 5.32 Å². The van der Waals surface area contributed by atoms with Gasteiger partial charge < -0.3 is 10.1 Å². The van der Waals surface area contributed by atoms with E-state index in [1.807, 2.05) is 24.3 Å². The van der Waals surface area contributed by atoms with Crippen LogP contribution in [0.25, 0.3) is 0 Å². The highest BCUT2D eigenvalue weighted by atomic mass is 79.9. The second-order valence-electron chi connectivity index (χ2n) is 5.13. The third kappa shape index (κ3) is 3.81. The van der Waals surface area contributed by atoms with Crippen molar-refractivity contribution in [3.8, 4) is 0 Å². The first-order chi connectivity index (χ1) is 9.59. The molecule has 0 unspecified atom stereocenters. The van der Waals surface area contributed by atoms with Gasteiger partial charge in [0.15, 0.2) is 0 Å². The maximum atomic E-state index is 12.3. The number of carbonyl (C=O) groups is 1. The lowest BCUT2D eigenvalue weighted by molar-refractivity contribution is 0.0137. The van der Waals surface area contributed by atoms with Gasteiger partial charge >= 0.3 is 0 Å². The fourth-order valence-electron chi connectivity index (χ4n) is 2.35. The van der Waals surface area contributed by atoms with Crippen molar-refractivity contribution >= 4 is 21.8 Å². The number of rotatable bonds is 4. The van der Waals surface area contributed by atoms with E-state index < -0.39 is 0 Å². The van der Waals surface area contributed by atoms with Gasteiger partial charge in [-0.25, -0.2) is 0 Å². The molecular weight excluding hydrogens is 320 g/mol. The Labute approximate surface area is 128 Å². The van der Waals surface area contributed by atoms with E-state index in [2.05, 4.69) is 40.0 Å². The van der Waals surface area contributed by atoms with E-state index >= 15 is 0 Å². The van der Waals surface area contributed by atoms with Crippen molar-refractivity contribution in [1.82, 2.24) is 10.2 Å². The quantitative estimate of drug-likeness (QED) is 0.914. The molecule has 1 heterocycles. The van der Waals surface area contributed by atoms with Gasteiger partial charge in [-0.3, -0.25) is 9.69 Å². The Hall–Kier alpha value is -0.910. The normalized spacial score (nSPS) is 19.4. The van der Waals surface area contributed by atoms with Crippen molar-refractivity contribution in [2.45, 2.75) is 25.9 Å². The fourth-order valence-corrected chi connectivity index (χ4v) is 2.82. The van der Waals surface area contributed by atoms with Gasteiger partial charge in [0.1, 0.15) is 0 Å². The molecule has 0 spiro atoms. The number of morpholine rings is 1. The number of hydrogen-bond donors (Lipinski definition) is 1. The molecule has 5 heteroatoms. The molecule has 2 rings (SSSR count). The maximum absolute atomic E-state index is 12.3.